The normalized spacial score (nSPS) is 14.1. The van der Waals surface area contributed by atoms with Gasteiger partial charge in [-0.15, -0.1) is 5.10 Å². The predicted octanol–water partition coefficient (Wildman–Crippen LogP) is 4.36. The van der Waals surface area contributed by atoms with Gasteiger partial charge in [0.05, 0.1) is 13.2 Å². The molecule has 0 radical (unpaired) electrons. The number of aryl methyl sites for hydroxylation is 1. The number of benzene rings is 2. The summed E-state index contributed by atoms with van der Waals surface area (Å²) in [4.78, 5) is 32.4. The molecule has 2 aromatic carbocycles. The Morgan fingerprint density at radius 2 is 1.69 bits per heavy atom. The van der Waals surface area contributed by atoms with Crippen LogP contribution in [0.2, 0.25) is 0 Å². The molecule has 42 heavy (non-hydrogen) atoms. The van der Waals surface area contributed by atoms with Crippen LogP contribution < -0.4 is 11.2 Å². The van der Waals surface area contributed by atoms with E-state index in [1.807, 2.05) is 31.2 Å². The van der Waals surface area contributed by atoms with Crippen molar-refractivity contribution in [1.29, 1.82) is 0 Å². The summed E-state index contributed by atoms with van der Waals surface area (Å²) in [6, 6.07) is 16.3. The summed E-state index contributed by atoms with van der Waals surface area (Å²) in [5.41, 5.74) is 4.37. The van der Waals surface area contributed by atoms with Crippen LogP contribution in [0.3, 0.4) is 0 Å². The van der Waals surface area contributed by atoms with Crippen LogP contribution in [-0.2, 0) is 24.4 Å². The highest BCUT2D eigenvalue weighted by Crippen LogP contribution is 2.34. The Morgan fingerprint density at radius 3 is 2.38 bits per heavy atom. The first-order chi connectivity index (χ1) is 20.6. The number of H-pyrrole nitrogens is 1. The summed E-state index contributed by atoms with van der Waals surface area (Å²) in [5, 5.41) is 14.4. The molecule has 0 bridgehead atoms. The Bertz CT molecular complexity index is 1780. The van der Waals surface area contributed by atoms with Crippen molar-refractivity contribution in [3.8, 4) is 22.5 Å². The second kappa shape index (κ2) is 12.2. The zero-order valence-electron chi connectivity index (χ0n) is 24.1. The smallest absolute Gasteiger partial charge is 0.332 e. The van der Waals surface area contributed by atoms with Gasteiger partial charge in [0.2, 0.25) is 0 Å². The SMILES string of the molecule is CCCn1c(=O)n(CCOC)c(=O)c2c1nc(C1CCCCC1)n2Cc1ccc(-c2ccccc2-c2nnn[nH]2)cc1. The Kier molecular flexibility index (Phi) is 8.09. The molecule has 3 heterocycles. The quantitative estimate of drug-likeness (QED) is 0.265. The first kappa shape index (κ1) is 27.8. The highest BCUT2D eigenvalue weighted by atomic mass is 16.5. The summed E-state index contributed by atoms with van der Waals surface area (Å²) in [7, 11) is 1.57. The average Bonchev–Trinajstić information content (AvgIpc) is 3.69. The van der Waals surface area contributed by atoms with Crippen molar-refractivity contribution >= 4 is 11.2 Å². The number of hydrogen-bond donors (Lipinski definition) is 1. The van der Waals surface area contributed by atoms with E-state index >= 15 is 0 Å². The third-order valence-electron chi connectivity index (χ3n) is 8.21. The fraction of sp³-hybridized carbons (Fsp3) is 0.419. The monoisotopic (exact) mass is 568 g/mol. The van der Waals surface area contributed by atoms with Crippen molar-refractivity contribution in [3.63, 3.8) is 0 Å². The van der Waals surface area contributed by atoms with Crippen LogP contribution in [0.1, 0.15) is 62.8 Å². The molecule has 6 rings (SSSR count). The van der Waals surface area contributed by atoms with Crippen LogP contribution in [0.4, 0.5) is 0 Å². The molecule has 0 saturated heterocycles. The summed E-state index contributed by atoms with van der Waals surface area (Å²) in [6.45, 7) is 3.50. The molecule has 1 N–H and O–H groups in total. The zero-order valence-corrected chi connectivity index (χ0v) is 24.1. The van der Waals surface area contributed by atoms with Crippen molar-refractivity contribution in [1.82, 2.24) is 39.3 Å². The van der Waals surface area contributed by atoms with Gasteiger partial charge in [0.25, 0.3) is 5.56 Å². The number of imidazole rings is 1. The molecular weight excluding hydrogens is 532 g/mol. The molecule has 0 aliphatic heterocycles. The standard InChI is InChI=1S/C31H36N8O3/c1-3-17-37-29-26(30(40)38(31(37)41)18-19-42-2)39(28(32-29)23-9-5-4-6-10-23)20-21-13-15-22(16-14-21)24-11-7-8-12-25(24)27-33-35-36-34-27/h7-8,11-16,23H,3-6,9-10,17-20H2,1-2H3,(H,33,34,35,36). The molecule has 11 nitrogen and oxygen atoms in total. The van der Waals surface area contributed by atoms with Crippen LogP contribution in [-0.4, -0.2) is 53.0 Å². The van der Waals surface area contributed by atoms with Gasteiger partial charge >= 0.3 is 5.69 Å². The lowest BCUT2D eigenvalue weighted by Gasteiger charge is -2.22. The largest absolute Gasteiger partial charge is 0.383 e. The molecule has 1 saturated carbocycles. The fourth-order valence-corrected chi connectivity index (χ4v) is 6.13. The van der Waals surface area contributed by atoms with E-state index in [9.17, 15) is 9.59 Å². The number of hydrogen-bond acceptors (Lipinski definition) is 7. The molecule has 11 heteroatoms. The number of tetrazole rings is 1. The van der Waals surface area contributed by atoms with Crippen LogP contribution in [0.5, 0.6) is 0 Å². The zero-order chi connectivity index (χ0) is 29.1. The minimum atomic E-state index is -0.323. The highest BCUT2D eigenvalue weighted by Gasteiger charge is 2.27. The third kappa shape index (κ3) is 5.20. The maximum absolute atomic E-state index is 13.9. The minimum absolute atomic E-state index is 0.201. The second-order valence-electron chi connectivity index (χ2n) is 10.9. The maximum atomic E-state index is 13.9. The van der Waals surface area contributed by atoms with Crippen molar-refractivity contribution in [2.45, 2.75) is 71.0 Å². The number of methoxy groups -OCH3 is 1. The van der Waals surface area contributed by atoms with Gasteiger partial charge < -0.3 is 9.30 Å². The molecule has 1 aliphatic rings. The van der Waals surface area contributed by atoms with Crippen LogP contribution in [0.15, 0.2) is 58.1 Å². The van der Waals surface area contributed by atoms with Gasteiger partial charge in [-0.25, -0.2) is 14.9 Å². The van der Waals surface area contributed by atoms with E-state index in [0.29, 0.717) is 30.1 Å². The Morgan fingerprint density at radius 1 is 0.929 bits per heavy atom. The molecule has 3 aromatic heterocycles. The number of aromatic nitrogens is 8. The second-order valence-corrected chi connectivity index (χ2v) is 10.9. The van der Waals surface area contributed by atoms with Gasteiger partial charge in [-0.2, -0.15) is 0 Å². The van der Waals surface area contributed by atoms with Gasteiger partial charge in [0.1, 0.15) is 5.82 Å². The van der Waals surface area contributed by atoms with Crippen molar-refractivity contribution in [2.75, 3.05) is 13.7 Å². The van der Waals surface area contributed by atoms with Gasteiger partial charge in [0.15, 0.2) is 17.0 Å². The maximum Gasteiger partial charge on any atom is 0.332 e. The van der Waals surface area contributed by atoms with E-state index in [0.717, 1.165) is 60.2 Å². The van der Waals surface area contributed by atoms with Gasteiger partial charge in [-0.05, 0) is 46.4 Å². The lowest BCUT2D eigenvalue weighted by Crippen LogP contribution is -2.41. The van der Waals surface area contributed by atoms with E-state index in [4.69, 9.17) is 9.72 Å². The summed E-state index contributed by atoms with van der Waals surface area (Å²) in [5.74, 6) is 1.77. The first-order valence-electron chi connectivity index (χ1n) is 14.8. The lowest BCUT2D eigenvalue weighted by atomic mass is 9.88. The van der Waals surface area contributed by atoms with Gasteiger partial charge in [-0.3, -0.25) is 13.9 Å². The predicted molar refractivity (Wildman–Crippen MR) is 160 cm³/mol. The first-order valence-corrected chi connectivity index (χ1v) is 14.8. The molecule has 218 valence electrons. The number of aromatic amines is 1. The molecule has 5 aromatic rings. The van der Waals surface area contributed by atoms with E-state index in [-0.39, 0.29) is 30.3 Å². The summed E-state index contributed by atoms with van der Waals surface area (Å²) >= 11 is 0. The number of ether oxygens (including phenoxy) is 1. The van der Waals surface area contributed by atoms with Gasteiger partial charge in [-0.1, -0.05) is 74.7 Å². The number of rotatable bonds is 10. The van der Waals surface area contributed by atoms with E-state index in [2.05, 4.69) is 49.5 Å². The highest BCUT2D eigenvalue weighted by molar-refractivity contribution is 5.80. The lowest BCUT2D eigenvalue weighted by molar-refractivity contribution is 0.184. The summed E-state index contributed by atoms with van der Waals surface area (Å²) < 4.78 is 10.3. The molecular formula is C31H36N8O3. The molecule has 0 unspecified atom stereocenters. The Balaban J connectivity index is 1.45. The minimum Gasteiger partial charge on any atom is -0.383 e. The molecule has 0 atom stereocenters. The van der Waals surface area contributed by atoms with Crippen LogP contribution in [0, 0.1) is 0 Å². The van der Waals surface area contributed by atoms with E-state index < -0.39 is 0 Å². The van der Waals surface area contributed by atoms with Crippen molar-refractivity contribution in [2.24, 2.45) is 0 Å². The van der Waals surface area contributed by atoms with Crippen LogP contribution in [0.25, 0.3) is 33.7 Å². The molecule has 0 amide bonds. The van der Waals surface area contributed by atoms with Crippen molar-refractivity contribution in [3.05, 3.63) is 80.8 Å². The van der Waals surface area contributed by atoms with E-state index in [1.165, 1.54) is 11.0 Å². The third-order valence-corrected chi connectivity index (χ3v) is 8.21. The molecule has 1 fully saturated rings. The molecule has 0 spiro atoms. The fourth-order valence-electron chi connectivity index (χ4n) is 6.13. The topological polar surface area (TPSA) is 126 Å². The number of fused-ring (bicyclic) bond motifs is 1. The van der Waals surface area contributed by atoms with Gasteiger partial charge in [0, 0.05) is 31.7 Å². The summed E-state index contributed by atoms with van der Waals surface area (Å²) in [6.07, 6.45) is 6.33. The Labute approximate surface area is 243 Å². The molecule has 1 aliphatic carbocycles. The van der Waals surface area contributed by atoms with Crippen LogP contribution >= 0.6 is 0 Å². The Hall–Kier alpha value is -4.38. The number of nitrogens with one attached hydrogen (secondary N) is 1. The van der Waals surface area contributed by atoms with Crippen molar-refractivity contribution < 1.29 is 4.74 Å². The average molecular weight is 569 g/mol. The number of nitrogens with zero attached hydrogens (tertiary/aromatic N) is 7. The van der Waals surface area contributed by atoms with E-state index in [1.54, 1.807) is 11.7 Å².